The van der Waals surface area contributed by atoms with Crippen LogP contribution in [0.4, 0.5) is 0 Å². The van der Waals surface area contributed by atoms with Gasteiger partial charge in [-0.25, -0.2) is 0 Å². The number of amides is 1. The number of carbonyl (C=O) groups excluding carboxylic acids is 1. The molecule has 21 heterocycles. The van der Waals surface area contributed by atoms with Crippen LogP contribution in [0.3, 0.4) is 0 Å². The van der Waals surface area contributed by atoms with E-state index in [-0.39, 0.29) is 12.5 Å². The fourth-order valence-electron chi connectivity index (χ4n) is 11.7. The van der Waals surface area contributed by atoms with Gasteiger partial charge in [0.05, 0.1) is 39.6 Å². The molecule has 0 radical (unpaired) electrons. The first kappa shape index (κ1) is 70.9. The molecule has 0 aromatic carbocycles. The lowest BCUT2D eigenvalue weighted by Crippen LogP contribution is -2.68. The molecule has 0 aromatic rings. The molecule has 35 atom stereocenters. The van der Waals surface area contributed by atoms with Gasteiger partial charge in [0.25, 0.3) is 0 Å². The third kappa shape index (κ3) is 15.7. The highest BCUT2D eigenvalue weighted by atomic mass is 16.8. The van der Waals surface area contributed by atoms with Crippen LogP contribution in [0.5, 0.6) is 0 Å². The number of nitrogens with one attached hydrogen (secondary N) is 2. The van der Waals surface area contributed by atoms with Gasteiger partial charge in [0.2, 0.25) is 5.91 Å². The van der Waals surface area contributed by atoms with E-state index >= 15 is 0 Å². The largest absolute Gasteiger partial charge is 0.394 e. The summed E-state index contributed by atoms with van der Waals surface area (Å²) < 4.78 is 81.4. The van der Waals surface area contributed by atoms with Crippen molar-refractivity contribution in [3.05, 3.63) is 0 Å². The highest BCUT2D eigenvalue weighted by Gasteiger charge is 2.59. The molecule has 0 spiro atoms. The van der Waals surface area contributed by atoms with E-state index in [1.165, 1.54) is 6.92 Å². The van der Waals surface area contributed by atoms with E-state index in [0.717, 1.165) is 6.42 Å². The number of unbranched alkanes of at least 4 members (excludes halogenated alkanes) is 3. The normalized spacial score (nSPS) is 50.3. The van der Waals surface area contributed by atoms with E-state index in [9.17, 15) is 107 Å². The summed E-state index contributed by atoms with van der Waals surface area (Å²) >= 11 is 0. The van der Waals surface area contributed by atoms with Crippen molar-refractivity contribution in [3.8, 4) is 0 Å². The van der Waals surface area contributed by atoms with E-state index in [4.69, 9.17) is 66.3 Å². The van der Waals surface area contributed by atoms with Gasteiger partial charge >= 0.3 is 0 Å². The van der Waals surface area contributed by atoms with Crippen LogP contribution in [0.25, 0.3) is 0 Å². The molecule has 0 aliphatic carbocycles. The van der Waals surface area contributed by atoms with Gasteiger partial charge in [-0.3, -0.25) is 4.79 Å². The Kier molecular flexibility index (Phi) is 25.9. The number of ether oxygens (including phenoxy) is 14. The number of carbonyl (C=O) groups is 1. The molecule has 0 aromatic heterocycles. The molecule has 1 amide bonds. The Bertz CT molecular complexity index is 2070. The van der Waals surface area contributed by atoms with Gasteiger partial charge in [-0.15, -0.1) is 0 Å². The molecule has 21 aliphatic rings. The lowest BCUT2D eigenvalue weighted by atomic mass is 9.95. The number of aliphatic hydroxyl groups excluding tert-OH is 20. The molecule has 21 saturated heterocycles. The Morgan fingerprint density at radius 2 is 0.471 bits per heavy atom. The molecule has 0 unspecified atom stereocenters. The summed E-state index contributed by atoms with van der Waals surface area (Å²) in [6.45, 7) is -4.30. The molecule has 37 heteroatoms. The van der Waals surface area contributed by atoms with E-state index in [2.05, 4.69) is 10.6 Å². The highest BCUT2D eigenvalue weighted by molar-refractivity contribution is 5.72. The third-order valence-electron chi connectivity index (χ3n) is 16.6. The van der Waals surface area contributed by atoms with Crippen LogP contribution < -0.4 is 10.6 Å². The summed E-state index contributed by atoms with van der Waals surface area (Å²) in [5.74, 6) is -0.178. The molecule has 14 bridgehead atoms. The van der Waals surface area contributed by atoms with Crippen LogP contribution >= 0.6 is 0 Å². The van der Waals surface area contributed by atoms with Gasteiger partial charge in [0.1, 0.15) is 171 Å². The van der Waals surface area contributed by atoms with Crippen molar-refractivity contribution in [2.45, 2.75) is 248 Å². The van der Waals surface area contributed by atoms with Crippen LogP contribution in [0.15, 0.2) is 0 Å². The van der Waals surface area contributed by atoms with E-state index in [0.29, 0.717) is 32.4 Å². The van der Waals surface area contributed by atoms with Crippen molar-refractivity contribution < 1.29 is 173 Å². The third-order valence-corrected chi connectivity index (χ3v) is 16.6. The lowest BCUT2D eigenvalue weighted by Gasteiger charge is -2.50. The number of rotatable bonds is 15. The fraction of sp³-hybridized carbons (Fsp3) is 0.980. The van der Waals surface area contributed by atoms with Crippen molar-refractivity contribution in [2.75, 3.05) is 59.3 Å². The van der Waals surface area contributed by atoms with Crippen molar-refractivity contribution in [2.24, 2.45) is 0 Å². The first-order valence-corrected chi connectivity index (χ1v) is 28.8. The zero-order valence-corrected chi connectivity index (χ0v) is 47.0. The monoisotopic (exact) mass is 1270 g/mol. The smallest absolute Gasteiger partial charge is 0.216 e. The SMILES string of the molecule is CC(=O)NCCCCCCNC[C@H]1O[C@@H]2O[C@H]3[C@H](O)[C@@H](O)[C@@H](O[C@H]4[C@H](O)[C@@H](O)[C@@H](O[C@H]5[C@H](O)[C@@H](O)[C@@H](O[C@H]6[C@H](O)[C@@H](O)[C@@H](O[C@H]7[C@H](O)[C@@H](O)[C@@H](O[C@H]8[C@H](O)[C@@H](O)[C@@H](O[C@H]1[C@H](O)[C@H]2O)O[C@@H]8CO)O[C@@H]7CO)O[C@@H]6CO)O[C@@H]5CO)O[C@@H]4CO)O[C@@H]3CO. The van der Waals surface area contributed by atoms with Crippen LogP contribution in [-0.4, -0.2) is 382 Å². The van der Waals surface area contributed by atoms with Crippen molar-refractivity contribution in [1.82, 2.24) is 10.6 Å². The Balaban J connectivity index is 1.07. The Morgan fingerprint density at radius 1 is 0.276 bits per heavy atom. The van der Waals surface area contributed by atoms with Gasteiger partial charge in [0.15, 0.2) is 44.0 Å². The summed E-state index contributed by atoms with van der Waals surface area (Å²) in [6.07, 6.45) is -66.7. The minimum Gasteiger partial charge on any atom is -0.394 e. The van der Waals surface area contributed by atoms with E-state index in [1.54, 1.807) is 0 Å². The second-order valence-corrected chi connectivity index (χ2v) is 22.6. The van der Waals surface area contributed by atoms with Crippen LogP contribution in [0, 0.1) is 0 Å². The number of hydrogen-bond acceptors (Lipinski definition) is 36. The van der Waals surface area contributed by atoms with Crippen LogP contribution in [0.2, 0.25) is 0 Å². The molecule has 21 fully saturated rings. The lowest BCUT2D eigenvalue weighted by molar-refractivity contribution is -0.396. The molecule has 22 N–H and O–H groups in total. The van der Waals surface area contributed by atoms with Crippen molar-refractivity contribution in [1.29, 1.82) is 0 Å². The maximum atomic E-state index is 11.8. The minimum atomic E-state index is -2.21. The Labute approximate surface area is 495 Å². The summed E-state index contributed by atoms with van der Waals surface area (Å²) in [5.41, 5.74) is 0. The fourth-order valence-corrected chi connectivity index (χ4v) is 11.7. The standard InChI is InChI=1S/C50H86N2O35/c1-15(59)52-7-5-3-2-4-6-51-8-16-37-23(60)30(67)44(74-16)82-38-17(9-53)76-46(32(69)25(38)62)84-40-19(11-55)78-48(34(71)27(40)64)86-42-21(13-57)80-50(36(73)29(42)66)87-43-22(14-58)79-49(35(72)28(43)65)85-41-20(12-56)77-47(33(70)26(41)63)83-39-18(10-54)75-45(81-37)31(68)24(39)61/h16-51,53-58,60-73H,2-14H2,1H3,(H,52,59)/t16-,17-,18-,19-,20-,21-,22-,23-,24-,25-,26-,27-,28-,29-,30-,31-,32-,33-,34-,35-,36-,37-,38-,39-,40-,41-,42-,43-,44-,45-,46-,47-,48-,49-,50-/m1/s1. The van der Waals surface area contributed by atoms with E-state index < -0.39 is 255 Å². The van der Waals surface area contributed by atoms with Crippen LogP contribution in [-0.2, 0) is 71.1 Å². The predicted molar refractivity (Wildman–Crippen MR) is 271 cm³/mol. The van der Waals surface area contributed by atoms with Crippen molar-refractivity contribution in [3.63, 3.8) is 0 Å². The maximum Gasteiger partial charge on any atom is 0.216 e. The second-order valence-electron chi connectivity index (χ2n) is 22.6. The molecule has 21 aliphatic heterocycles. The Morgan fingerprint density at radius 3 is 0.678 bits per heavy atom. The first-order chi connectivity index (χ1) is 41.5. The molecule has 21 rings (SSSR count). The highest BCUT2D eigenvalue weighted by Crippen LogP contribution is 2.39. The molecule has 87 heavy (non-hydrogen) atoms. The van der Waals surface area contributed by atoms with Gasteiger partial charge < -0.3 is 179 Å². The molecular formula is C50H86N2O35. The zero-order valence-electron chi connectivity index (χ0n) is 47.0. The average molecular weight is 1280 g/mol. The predicted octanol–water partition coefficient (Wildman–Crippen LogP) is -13.9. The summed E-state index contributed by atoms with van der Waals surface area (Å²) in [4.78, 5) is 11.3. The molecular weight excluding hydrogens is 1190 g/mol. The topological polar surface area (TPSA) is 575 Å². The summed E-state index contributed by atoms with van der Waals surface area (Å²) in [7, 11) is 0. The van der Waals surface area contributed by atoms with Crippen molar-refractivity contribution >= 4 is 5.91 Å². The maximum absolute atomic E-state index is 11.8. The van der Waals surface area contributed by atoms with Gasteiger partial charge in [-0.1, -0.05) is 12.8 Å². The minimum absolute atomic E-state index is 0.178. The summed E-state index contributed by atoms with van der Waals surface area (Å²) in [6, 6.07) is 0. The van der Waals surface area contributed by atoms with Gasteiger partial charge in [-0.2, -0.15) is 0 Å². The second kappa shape index (κ2) is 31.8. The number of hydrogen-bond donors (Lipinski definition) is 22. The summed E-state index contributed by atoms with van der Waals surface area (Å²) in [5, 5.41) is 229. The number of aliphatic hydroxyl groups is 20. The van der Waals surface area contributed by atoms with Crippen LogP contribution in [0.1, 0.15) is 32.6 Å². The quantitative estimate of drug-likeness (QED) is 0.0677. The van der Waals surface area contributed by atoms with Gasteiger partial charge in [-0.05, 0) is 19.4 Å². The zero-order chi connectivity index (χ0) is 63.3. The van der Waals surface area contributed by atoms with E-state index in [1.807, 2.05) is 0 Å². The molecule has 0 saturated carbocycles. The average Bonchev–Trinajstić information content (AvgIpc) is 2.42. The Hall–Kier alpha value is -1.93. The molecule has 37 nitrogen and oxygen atoms in total. The molecule has 506 valence electrons. The van der Waals surface area contributed by atoms with Gasteiger partial charge in [0, 0.05) is 20.0 Å². The first-order valence-electron chi connectivity index (χ1n) is 28.8.